The Kier molecular flexibility index (Phi) is 10.4. The van der Waals surface area contributed by atoms with E-state index in [0.29, 0.717) is 28.4 Å². The van der Waals surface area contributed by atoms with Gasteiger partial charge in [-0.1, -0.05) is 43.3 Å². The molecule has 0 saturated carbocycles. The van der Waals surface area contributed by atoms with Crippen molar-refractivity contribution >= 4 is 40.8 Å². The summed E-state index contributed by atoms with van der Waals surface area (Å²) in [6.45, 7) is 1.75. The highest BCUT2D eigenvalue weighted by Crippen LogP contribution is 2.34. The maximum Gasteiger partial charge on any atom is 0.412 e. The molecule has 0 radical (unpaired) electrons. The summed E-state index contributed by atoms with van der Waals surface area (Å²) in [4.78, 5) is 26.5. The molecule has 2 amide bonds. The number of carbonyl (C=O) groups excluding carboxylic acids is 2. The number of nitrogens with one attached hydrogen (secondary N) is 2. The molecule has 0 aliphatic carbocycles. The van der Waals surface area contributed by atoms with Gasteiger partial charge in [0, 0.05) is 22.1 Å². The van der Waals surface area contributed by atoms with Crippen LogP contribution in [0.4, 0.5) is 21.9 Å². The van der Waals surface area contributed by atoms with Crippen molar-refractivity contribution < 1.29 is 24.2 Å². The molecule has 0 fully saturated rings. The molecule has 0 spiro atoms. The Labute approximate surface area is 220 Å². The molecule has 8 nitrogen and oxygen atoms in total. The van der Waals surface area contributed by atoms with Crippen molar-refractivity contribution in [3.05, 3.63) is 90.5 Å². The lowest BCUT2D eigenvalue weighted by Gasteiger charge is -2.25. The number of anilines is 3. The highest BCUT2D eigenvalue weighted by Gasteiger charge is 2.26. The molecule has 2 atom stereocenters. The average Bonchev–Trinajstić information content (AvgIpc) is 2.91. The van der Waals surface area contributed by atoms with Gasteiger partial charge in [-0.25, -0.2) is 4.79 Å². The van der Waals surface area contributed by atoms with Gasteiger partial charge < -0.3 is 25.6 Å². The van der Waals surface area contributed by atoms with E-state index in [1.165, 1.54) is 6.08 Å². The van der Waals surface area contributed by atoms with Crippen LogP contribution in [0.2, 0.25) is 0 Å². The Balaban J connectivity index is 1.80. The minimum atomic E-state index is -0.786. The second-order valence-corrected chi connectivity index (χ2v) is 8.96. The SMILES string of the molecule is CSc1ccc(NC(=O)O[C@@H](c2ccccc2OCCO)[C@@H](C)/C=C/C(=O)Nc2ccccc2N)cc1. The third-order valence-electron chi connectivity index (χ3n) is 5.39. The maximum atomic E-state index is 12.9. The van der Waals surface area contributed by atoms with Gasteiger partial charge in [-0.05, 0) is 54.8 Å². The van der Waals surface area contributed by atoms with Crippen LogP contribution in [0.5, 0.6) is 5.75 Å². The number of para-hydroxylation sites is 3. The van der Waals surface area contributed by atoms with Crippen LogP contribution in [-0.4, -0.2) is 36.6 Å². The highest BCUT2D eigenvalue weighted by atomic mass is 32.2. The highest BCUT2D eigenvalue weighted by molar-refractivity contribution is 7.98. The van der Waals surface area contributed by atoms with Crippen LogP contribution in [0, 0.1) is 5.92 Å². The van der Waals surface area contributed by atoms with E-state index in [-0.39, 0.29) is 19.1 Å². The van der Waals surface area contributed by atoms with E-state index < -0.39 is 18.1 Å². The summed E-state index contributed by atoms with van der Waals surface area (Å²) in [5, 5.41) is 14.7. The van der Waals surface area contributed by atoms with Crippen molar-refractivity contribution in [2.45, 2.75) is 17.9 Å². The molecule has 194 valence electrons. The molecule has 3 aromatic carbocycles. The first-order valence-corrected chi connectivity index (χ1v) is 12.9. The number of aliphatic hydroxyl groups excluding tert-OH is 1. The molecule has 0 saturated heterocycles. The Bertz CT molecular complexity index is 1220. The molecule has 9 heteroatoms. The summed E-state index contributed by atoms with van der Waals surface area (Å²) in [6, 6.07) is 21.5. The smallest absolute Gasteiger partial charge is 0.412 e. The first kappa shape index (κ1) is 27.6. The predicted octanol–water partition coefficient (Wildman–Crippen LogP) is 5.48. The molecule has 5 N–H and O–H groups in total. The van der Waals surface area contributed by atoms with E-state index in [1.807, 2.05) is 25.3 Å². The van der Waals surface area contributed by atoms with Crippen molar-refractivity contribution in [1.82, 2.24) is 0 Å². The molecule has 0 unspecified atom stereocenters. The van der Waals surface area contributed by atoms with E-state index in [0.717, 1.165) is 4.90 Å². The van der Waals surface area contributed by atoms with Crippen molar-refractivity contribution in [2.24, 2.45) is 5.92 Å². The van der Waals surface area contributed by atoms with Gasteiger partial charge in [0.25, 0.3) is 0 Å². The summed E-state index contributed by atoms with van der Waals surface area (Å²) < 4.78 is 11.5. The number of nitrogen functional groups attached to an aromatic ring is 1. The number of hydrogen-bond donors (Lipinski definition) is 4. The lowest BCUT2D eigenvalue weighted by atomic mass is 9.95. The quantitative estimate of drug-likeness (QED) is 0.150. The molecule has 3 aromatic rings. The van der Waals surface area contributed by atoms with Gasteiger partial charge in [-0.3, -0.25) is 10.1 Å². The summed E-state index contributed by atoms with van der Waals surface area (Å²) >= 11 is 1.60. The van der Waals surface area contributed by atoms with E-state index in [9.17, 15) is 14.7 Å². The third-order valence-corrected chi connectivity index (χ3v) is 6.14. The summed E-state index contributed by atoms with van der Waals surface area (Å²) in [6.07, 6.45) is 3.57. The number of benzene rings is 3. The van der Waals surface area contributed by atoms with Gasteiger partial charge in [-0.15, -0.1) is 11.8 Å². The lowest BCUT2D eigenvalue weighted by molar-refractivity contribution is -0.111. The van der Waals surface area contributed by atoms with Crippen molar-refractivity contribution in [1.29, 1.82) is 0 Å². The molecule has 0 aliphatic rings. The second kappa shape index (κ2) is 14.0. The number of nitrogens with two attached hydrogens (primary N) is 1. The lowest BCUT2D eigenvalue weighted by Crippen LogP contribution is -2.22. The molecule has 0 heterocycles. The summed E-state index contributed by atoms with van der Waals surface area (Å²) in [5.41, 5.74) is 8.06. The van der Waals surface area contributed by atoms with E-state index in [2.05, 4.69) is 10.6 Å². The van der Waals surface area contributed by atoms with Crippen molar-refractivity contribution in [2.75, 3.05) is 35.8 Å². The van der Waals surface area contributed by atoms with Gasteiger partial charge in [0.05, 0.1) is 18.0 Å². The molecule has 3 rings (SSSR count). The molecule has 0 aliphatic heterocycles. The number of aliphatic hydroxyl groups is 1. The van der Waals surface area contributed by atoms with Crippen LogP contribution >= 0.6 is 11.8 Å². The molecule has 37 heavy (non-hydrogen) atoms. The average molecular weight is 522 g/mol. The van der Waals surface area contributed by atoms with Gasteiger partial charge in [0.1, 0.15) is 18.5 Å². The fraction of sp³-hybridized carbons (Fsp3) is 0.214. The van der Waals surface area contributed by atoms with Gasteiger partial charge in [0.2, 0.25) is 5.91 Å². The number of thioether (sulfide) groups is 1. The van der Waals surface area contributed by atoms with Crippen LogP contribution in [0.25, 0.3) is 0 Å². The maximum absolute atomic E-state index is 12.9. The first-order chi connectivity index (χ1) is 17.9. The number of ether oxygens (including phenoxy) is 2. The molecule has 0 bridgehead atoms. The normalized spacial score (nSPS) is 12.5. The first-order valence-electron chi connectivity index (χ1n) is 11.7. The Morgan fingerprint density at radius 3 is 2.43 bits per heavy atom. The largest absolute Gasteiger partial charge is 0.491 e. The fourth-order valence-electron chi connectivity index (χ4n) is 3.52. The zero-order valence-corrected chi connectivity index (χ0v) is 21.5. The Hall–Kier alpha value is -3.95. The Morgan fingerprint density at radius 1 is 1.03 bits per heavy atom. The van der Waals surface area contributed by atoms with Gasteiger partial charge in [-0.2, -0.15) is 0 Å². The minimum Gasteiger partial charge on any atom is -0.491 e. The van der Waals surface area contributed by atoms with E-state index >= 15 is 0 Å². The van der Waals surface area contributed by atoms with Crippen molar-refractivity contribution in [3.8, 4) is 5.75 Å². The van der Waals surface area contributed by atoms with Crippen LogP contribution in [0.15, 0.2) is 89.8 Å². The number of amides is 2. The standard InChI is InChI=1S/C28H31N3O5S/c1-19(11-16-26(33)31-24-9-5-4-8-23(24)29)27(22-7-3-6-10-25(22)35-18-17-32)36-28(34)30-20-12-14-21(37-2)15-13-20/h3-16,19,27,32H,17-18,29H2,1-2H3,(H,30,34)(H,31,33)/b16-11+/t19-,27+/m0/s1. The number of hydrogen-bond acceptors (Lipinski definition) is 7. The fourth-order valence-corrected chi connectivity index (χ4v) is 3.93. The van der Waals surface area contributed by atoms with E-state index in [1.54, 1.807) is 78.5 Å². The van der Waals surface area contributed by atoms with Gasteiger partial charge >= 0.3 is 6.09 Å². The van der Waals surface area contributed by atoms with Crippen LogP contribution in [0.3, 0.4) is 0 Å². The molecular formula is C28H31N3O5S. The topological polar surface area (TPSA) is 123 Å². The monoisotopic (exact) mass is 521 g/mol. The second-order valence-electron chi connectivity index (χ2n) is 8.08. The summed E-state index contributed by atoms with van der Waals surface area (Å²) in [7, 11) is 0. The van der Waals surface area contributed by atoms with Crippen molar-refractivity contribution in [3.63, 3.8) is 0 Å². The molecular weight excluding hydrogens is 490 g/mol. The number of rotatable bonds is 11. The van der Waals surface area contributed by atoms with E-state index in [4.69, 9.17) is 15.2 Å². The number of carbonyl (C=O) groups is 2. The third kappa shape index (κ3) is 8.30. The Morgan fingerprint density at radius 2 is 1.73 bits per heavy atom. The predicted molar refractivity (Wildman–Crippen MR) is 148 cm³/mol. The molecule has 0 aromatic heterocycles. The van der Waals surface area contributed by atoms with Crippen LogP contribution in [0.1, 0.15) is 18.6 Å². The minimum absolute atomic E-state index is 0.0862. The van der Waals surface area contributed by atoms with Crippen LogP contribution in [-0.2, 0) is 9.53 Å². The van der Waals surface area contributed by atoms with Gasteiger partial charge in [0.15, 0.2) is 0 Å². The van der Waals surface area contributed by atoms with Crippen LogP contribution < -0.4 is 21.1 Å². The zero-order chi connectivity index (χ0) is 26.6. The summed E-state index contributed by atoms with van der Waals surface area (Å²) in [5.74, 6) is -0.311. The zero-order valence-electron chi connectivity index (χ0n) is 20.7.